The molecule has 0 saturated carbocycles. The van der Waals surface area contributed by atoms with Crippen molar-refractivity contribution in [2.75, 3.05) is 23.7 Å². The number of aromatic amines is 1. The number of anilines is 2. The smallest absolute Gasteiger partial charge is 0.323 e. The van der Waals surface area contributed by atoms with E-state index in [1.54, 1.807) is 4.90 Å². The number of nitrogens with two attached hydrogens (primary N) is 1. The highest BCUT2D eigenvalue weighted by Crippen LogP contribution is 2.38. The fourth-order valence-corrected chi connectivity index (χ4v) is 2.67. The Kier molecular flexibility index (Phi) is 3.09. The summed E-state index contributed by atoms with van der Waals surface area (Å²) in [6.07, 6.45) is 3.19. The molecule has 0 spiro atoms. The normalized spacial score (nSPS) is 14.2. The zero-order valence-corrected chi connectivity index (χ0v) is 11.5. The summed E-state index contributed by atoms with van der Waals surface area (Å²) in [4.78, 5) is 24.2. The third kappa shape index (κ3) is 2.22. The minimum absolute atomic E-state index is 0.126. The Labute approximate surface area is 121 Å². The number of rotatable bonds is 3. The molecule has 4 N–H and O–H groups in total. The van der Waals surface area contributed by atoms with Crippen LogP contribution in [0, 0.1) is 0 Å². The number of nitrogen functional groups attached to an aromatic ring is 1. The Morgan fingerprint density at radius 1 is 1.52 bits per heavy atom. The van der Waals surface area contributed by atoms with E-state index in [1.807, 2.05) is 25.3 Å². The Morgan fingerprint density at radius 2 is 2.33 bits per heavy atom. The van der Waals surface area contributed by atoms with Crippen LogP contribution in [0.1, 0.15) is 18.2 Å². The van der Waals surface area contributed by atoms with Crippen molar-refractivity contribution in [1.82, 2.24) is 15.0 Å². The van der Waals surface area contributed by atoms with E-state index in [2.05, 4.69) is 15.0 Å². The fourth-order valence-electron chi connectivity index (χ4n) is 2.67. The molecule has 0 unspecified atom stereocenters. The standard InChI is InChI=1S/C14H15N5O2/c1-8-5-19(6-10(20)21)14-12(13(15)17-7-18-14)11(8)9-3-2-4-16-9/h2-4,7,16H,5-6H2,1H3,(H,20,21)(H2,15,17,18). The number of carbonyl (C=O) groups is 1. The second kappa shape index (κ2) is 4.93. The number of carboxylic acids is 1. The second-order valence-electron chi connectivity index (χ2n) is 4.95. The number of fused-ring (bicyclic) bond motifs is 1. The van der Waals surface area contributed by atoms with Gasteiger partial charge in [-0.1, -0.05) is 0 Å². The summed E-state index contributed by atoms with van der Waals surface area (Å²) in [6.45, 7) is 2.32. The third-order valence-electron chi connectivity index (χ3n) is 3.45. The van der Waals surface area contributed by atoms with E-state index < -0.39 is 5.97 Å². The lowest BCUT2D eigenvalue weighted by atomic mass is 9.94. The molecule has 2 aromatic rings. The van der Waals surface area contributed by atoms with Crippen LogP contribution in [0.3, 0.4) is 0 Å². The van der Waals surface area contributed by atoms with E-state index in [-0.39, 0.29) is 6.54 Å². The Morgan fingerprint density at radius 3 is 3.00 bits per heavy atom. The number of nitrogens with zero attached hydrogens (tertiary/aromatic N) is 3. The highest BCUT2D eigenvalue weighted by Gasteiger charge is 2.28. The SMILES string of the molecule is CC1=C(c2ccc[nH]2)c2c(N)ncnc2N(CC(=O)O)C1. The molecule has 21 heavy (non-hydrogen) atoms. The maximum Gasteiger partial charge on any atom is 0.323 e. The molecule has 7 nitrogen and oxygen atoms in total. The molecule has 7 heteroatoms. The zero-order valence-electron chi connectivity index (χ0n) is 11.5. The first kappa shape index (κ1) is 13.2. The molecule has 1 aliphatic heterocycles. The third-order valence-corrected chi connectivity index (χ3v) is 3.45. The molecule has 0 aliphatic carbocycles. The molecule has 3 heterocycles. The van der Waals surface area contributed by atoms with E-state index in [4.69, 9.17) is 10.8 Å². The van der Waals surface area contributed by atoms with Crippen molar-refractivity contribution < 1.29 is 9.90 Å². The van der Waals surface area contributed by atoms with Gasteiger partial charge in [-0.05, 0) is 24.6 Å². The van der Waals surface area contributed by atoms with Gasteiger partial charge in [0.1, 0.15) is 24.5 Å². The molecule has 3 rings (SSSR count). The molecule has 1 aliphatic rings. The van der Waals surface area contributed by atoms with E-state index in [1.165, 1.54) is 6.33 Å². The van der Waals surface area contributed by atoms with Crippen molar-refractivity contribution >= 4 is 23.2 Å². The molecule has 0 amide bonds. The molecular formula is C14H15N5O2. The van der Waals surface area contributed by atoms with Gasteiger partial charge in [0.15, 0.2) is 0 Å². The van der Waals surface area contributed by atoms with Crippen LogP contribution in [-0.4, -0.2) is 39.1 Å². The molecule has 108 valence electrons. The van der Waals surface area contributed by atoms with Gasteiger partial charge in [0.05, 0.1) is 5.56 Å². The molecule has 0 atom stereocenters. The monoisotopic (exact) mass is 285 g/mol. The van der Waals surface area contributed by atoms with Crippen LogP contribution in [0.25, 0.3) is 5.57 Å². The number of aliphatic carboxylic acids is 1. The lowest BCUT2D eigenvalue weighted by Gasteiger charge is -2.31. The second-order valence-corrected chi connectivity index (χ2v) is 4.95. The molecule has 2 aromatic heterocycles. The molecule has 0 fully saturated rings. The minimum atomic E-state index is -0.908. The fraction of sp³-hybridized carbons (Fsp3) is 0.214. The van der Waals surface area contributed by atoms with Gasteiger partial charge >= 0.3 is 5.97 Å². The molecule has 0 saturated heterocycles. The maximum absolute atomic E-state index is 11.0. The lowest BCUT2D eigenvalue weighted by Crippen LogP contribution is -2.35. The van der Waals surface area contributed by atoms with E-state index >= 15 is 0 Å². The van der Waals surface area contributed by atoms with Crippen LogP contribution in [0.5, 0.6) is 0 Å². The number of carboxylic acid groups (broad SMARTS) is 1. The first-order valence-electron chi connectivity index (χ1n) is 6.49. The van der Waals surface area contributed by atoms with Crippen LogP contribution in [0.2, 0.25) is 0 Å². The summed E-state index contributed by atoms with van der Waals surface area (Å²) >= 11 is 0. The summed E-state index contributed by atoms with van der Waals surface area (Å²) in [5, 5.41) is 9.06. The highest BCUT2D eigenvalue weighted by molar-refractivity contribution is 5.93. The van der Waals surface area contributed by atoms with Crippen molar-refractivity contribution in [2.45, 2.75) is 6.92 Å². The van der Waals surface area contributed by atoms with Gasteiger partial charge in [-0.25, -0.2) is 9.97 Å². The topological polar surface area (TPSA) is 108 Å². The van der Waals surface area contributed by atoms with Crippen molar-refractivity contribution in [2.24, 2.45) is 0 Å². The Bertz CT molecular complexity index is 721. The van der Waals surface area contributed by atoms with Gasteiger partial charge in [0.25, 0.3) is 0 Å². The first-order chi connectivity index (χ1) is 10.1. The maximum atomic E-state index is 11.0. The van der Waals surface area contributed by atoms with Gasteiger partial charge < -0.3 is 20.7 Å². The van der Waals surface area contributed by atoms with Crippen molar-refractivity contribution in [3.63, 3.8) is 0 Å². The zero-order chi connectivity index (χ0) is 15.0. The van der Waals surface area contributed by atoms with Crippen molar-refractivity contribution in [1.29, 1.82) is 0 Å². The summed E-state index contributed by atoms with van der Waals surface area (Å²) in [5.74, 6) is -0.00611. The van der Waals surface area contributed by atoms with Crippen LogP contribution in [0.15, 0.2) is 30.2 Å². The summed E-state index contributed by atoms with van der Waals surface area (Å²) in [7, 11) is 0. The van der Waals surface area contributed by atoms with Crippen LogP contribution >= 0.6 is 0 Å². The minimum Gasteiger partial charge on any atom is -0.480 e. The number of hydrogen-bond donors (Lipinski definition) is 3. The van der Waals surface area contributed by atoms with Crippen LogP contribution in [0.4, 0.5) is 11.6 Å². The quantitative estimate of drug-likeness (QED) is 0.779. The van der Waals surface area contributed by atoms with Gasteiger partial charge in [0.2, 0.25) is 0 Å². The molecule has 0 aromatic carbocycles. The summed E-state index contributed by atoms with van der Waals surface area (Å²) < 4.78 is 0. The number of nitrogens with one attached hydrogen (secondary N) is 1. The van der Waals surface area contributed by atoms with Crippen molar-refractivity contribution in [3.05, 3.63) is 41.5 Å². The van der Waals surface area contributed by atoms with E-state index in [0.29, 0.717) is 23.7 Å². The molecule has 0 radical (unpaired) electrons. The highest BCUT2D eigenvalue weighted by atomic mass is 16.4. The van der Waals surface area contributed by atoms with E-state index in [9.17, 15) is 4.79 Å². The van der Waals surface area contributed by atoms with Gasteiger partial charge in [0, 0.05) is 24.0 Å². The van der Waals surface area contributed by atoms with Gasteiger partial charge in [-0.3, -0.25) is 4.79 Å². The molecule has 0 bridgehead atoms. The largest absolute Gasteiger partial charge is 0.480 e. The molecular weight excluding hydrogens is 270 g/mol. The number of H-pyrrole nitrogens is 1. The Balaban J connectivity index is 2.19. The Hall–Kier alpha value is -2.83. The van der Waals surface area contributed by atoms with Gasteiger partial charge in [-0.2, -0.15) is 0 Å². The number of hydrogen-bond acceptors (Lipinski definition) is 5. The average Bonchev–Trinajstić information content (AvgIpc) is 2.93. The predicted molar refractivity (Wildman–Crippen MR) is 78.8 cm³/mol. The lowest BCUT2D eigenvalue weighted by molar-refractivity contribution is -0.135. The van der Waals surface area contributed by atoms with Crippen LogP contribution in [-0.2, 0) is 4.79 Å². The van der Waals surface area contributed by atoms with Crippen LogP contribution < -0.4 is 10.6 Å². The first-order valence-corrected chi connectivity index (χ1v) is 6.49. The predicted octanol–water partition coefficient (Wildman–Crippen LogP) is 1.11. The van der Waals surface area contributed by atoms with Gasteiger partial charge in [-0.15, -0.1) is 0 Å². The number of aromatic nitrogens is 3. The average molecular weight is 285 g/mol. The summed E-state index contributed by atoms with van der Waals surface area (Å²) in [5.41, 5.74) is 9.59. The van der Waals surface area contributed by atoms with E-state index in [0.717, 1.165) is 16.8 Å². The summed E-state index contributed by atoms with van der Waals surface area (Å²) in [6, 6.07) is 3.85. The van der Waals surface area contributed by atoms with Crippen molar-refractivity contribution in [3.8, 4) is 0 Å².